The van der Waals surface area contributed by atoms with Crippen molar-refractivity contribution >= 4 is 23.2 Å². The van der Waals surface area contributed by atoms with Crippen molar-refractivity contribution in [2.24, 2.45) is 0 Å². The molecule has 1 atom stereocenters. The maximum atomic E-state index is 11.4. The molecule has 0 spiro atoms. The number of carbonyl (C=O) groups is 2. The first-order valence-electron chi connectivity index (χ1n) is 5.79. The summed E-state index contributed by atoms with van der Waals surface area (Å²) in [6.07, 6.45) is 0.695. The van der Waals surface area contributed by atoms with Crippen LogP contribution in [0.5, 0.6) is 0 Å². The van der Waals surface area contributed by atoms with Gasteiger partial charge in [-0.2, -0.15) is 0 Å². The van der Waals surface area contributed by atoms with Crippen molar-refractivity contribution < 1.29 is 19.8 Å². The summed E-state index contributed by atoms with van der Waals surface area (Å²) in [5.41, 5.74) is 0. The fraction of sp³-hybridized carbons (Fsp3) is 0.500. The van der Waals surface area contributed by atoms with Gasteiger partial charge in [-0.25, -0.2) is 4.79 Å². The third-order valence-electron chi connectivity index (χ3n) is 2.43. The van der Waals surface area contributed by atoms with Crippen LogP contribution in [0, 0.1) is 0 Å². The van der Waals surface area contributed by atoms with E-state index in [9.17, 15) is 9.59 Å². The van der Waals surface area contributed by atoms with Gasteiger partial charge in [0.2, 0.25) is 5.91 Å². The summed E-state index contributed by atoms with van der Waals surface area (Å²) in [4.78, 5) is 23.0. The van der Waals surface area contributed by atoms with E-state index >= 15 is 0 Å². The van der Waals surface area contributed by atoms with Gasteiger partial charge in [-0.1, -0.05) is 6.07 Å². The van der Waals surface area contributed by atoms with Crippen LogP contribution in [-0.2, 0) is 16.0 Å². The average Bonchev–Trinajstić information content (AvgIpc) is 2.81. The van der Waals surface area contributed by atoms with Gasteiger partial charge in [0.25, 0.3) is 0 Å². The normalized spacial score (nSPS) is 12.1. The van der Waals surface area contributed by atoms with Crippen LogP contribution in [0.1, 0.15) is 24.1 Å². The Bertz CT molecular complexity index is 377. The monoisotopic (exact) mass is 271 g/mol. The number of thiophene rings is 1. The maximum Gasteiger partial charge on any atom is 0.332 e. The maximum absolute atomic E-state index is 11.4. The number of amides is 1. The highest BCUT2D eigenvalue weighted by atomic mass is 32.1. The lowest BCUT2D eigenvalue weighted by molar-refractivity contribution is -0.147. The van der Waals surface area contributed by atoms with Gasteiger partial charge in [-0.15, -0.1) is 11.3 Å². The van der Waals surface area contributed by atoms with Gasteiger partial charge in [-0.05, 0) is 24.3 Å². The highest BCUT2D eigenvalue weighted by molar-refractivity contribution is 7.09. The van der Waals surface area contributed by atoms with Crippen LogP contribution in [0.25, 0.3) is 0 Å². The highest BCUT2D eigenvalue weighted by Gasteiger charge is 2.12. The molecule has 0 fully saturated rings. The second kappa shape index (κ2) is 7.84. The number of carboxylic acids is 1. The Morgan fingerprint density at radius 1 is 1.44 bits per heavy atom. The van der Waals surface area contributed by atoms with Crippen molar-refractivity contribution in [1.29, 1.82) is 0 Å². The van der Waals surface area contributed by atoms with E-state index in [-0.39, 0.29) is 18.9 Å². The number of aliphatic hydroxyl groups is 1. The summed E-state index contributed by atoms with van der Waals surface area (Å²) in [6, 6.07) is 4.01. The first-order chi connectivity index (χ1) is 8.59. The molecule has 1 aromatic rings. The lowest BCUT2D eigenvalue weighted by Crippen LogP contribution is -2.29. The van der Waals surface area contributed by atoms with Gasteiger partial charge in [0.05, 0.1) is 0 Å². The van der Waals surface area contributed by atoms with Crippen LogP contribution in [0.15, 0.2) is 17.5 Å². The minimum atomic E-state index is -1.41. The number of nitrogens with one attached hydrogen (secondary N) is 1. The molecule has 0 saturated heterocycles. The predicted molar refractivity (Wildman–Crippen MR) is 68.5 cm³/mol. The van der Waals surface area contributed by atoms with E-state index in [2.05, 4.69) is 5.32 Å². The van der Waals surface area contributed by atoms with Crippen molar-refractivity contribution in [3.05, 3.63) is 22.4 Å². The zero-order valence-electron chi connectivity index (χ0n) is 9.96. The van der Waals surface area contributed by atoms with E-state index in [1.54, 1.807) is 11.3 Å². The average molecular weight is 271 g/mol. The molecule has 0 aliphatic rings. The summed E-state index contributed by atoms with van der Waals surface area (Å²) < 4.78 is 0. The SMILES string of the molecule is O=C(CCCc1cccs1)NCCC(O)C(=O)O. The van der Waals surface area contributed by atoms with Gasteiger partial charge < -0.3 is 15.5 Å². The summed E-state index contributed by atoms with van der Waals surface area (Å²) >= 11 is 1.67. The number of hydrogen-bond acceptors (Lipinski definition) is 4. The van der Waals surface area contributed by atoms with E-state index in [1.807, 2.05) is 17.5 Å². The molecule has 1 amide bonds. The van der Waals surface area contributed by atoms with E-state index in [4.69, 9.17) is 10.2 Å². The lowest BCUT2D eigenvalue weighted by atomic mass is 10.2. The molecule has 0 saturated carbocycles. The molecule has 0 aliphatic carbocycles. The van der Waals surface area contributed by atoms with Gasteiger partial charge in [0.1, 0.15) is 0 Å². The molecule has 1 heterocycles. The van der Waals surface area contributed by atoms with Crippen LogP contribution in [0.3, 0.4) is 0 Å². The van der Waals surface area contributed by atoms with Crippen molar-refractivity contribution in [2.75, 3.05) is 6.54 Å². The number of aryl methyl sites for hydroxylation is 1. The number of rotatable bonds is 8. The third kappa shape index (κ3) is 5.79. The molecule has 1 unspecified atom stereocenters. The van der Waals surface area contributed by atoms with Gasteiger partial charge in [0.15, 0.2) is 6.10 Å². The van der Waals surface area contributed by atoms with E-state index in [1.165, 1.54) is 4.88 Å². The predicted octanol–water partition coefficient (Wildman–Crippen LogP) is 1.02. The summed E-state index contributed by atoms with van der Waals surface area (Å²) in [6.45, 7) is 0.186. The largest absolute Gasteiger partial charge is 0.479 e. The Labute approximate surface area is 109 Å². The minimum absolute atomic E-state index is 0.0337. The molecule has 3 N–H and O–H groups in total. The summed E-state index contributed by atoms with van der Waals surface area (Å²) in [7, 11) is 0. The zero-order valence-corrected chi connectivity index (χ0v) is 10.8. The fourth-order valence-corrected chi connectivity index (χ4v) is 2.19. The van der Waals surface area contributed by atoms with Crippen LogP contribution in [0.4, 0.5) is 0 Å². The molecule has 100 valence electrons. The fourth-order valence-electron chi connectivity index (χ4n) is 1.44. The lowest BCUT2D eigenvalue weighted by Gasteiger charge is -2.07. The quantitative estimate of drug-likeness (QED) is 0.659. The van der Waals surface area contributed by atoms with Crippen LogP contribution >= 0.6 is 11.3 Å². The van der Waals surface area contributed by atoms with E-state index in [0.29, 0.717) is 6.42 Å². The second-order valence-electron chi connectivity index (χ2n) is 3.93. The highest BCUT2D eigenvalue weighted by Crippen LogP contribution is 2.11. The first-order valence-corrected chi connectivity index (χ1v) is 6.67. The molecule has 6 heteroatoms. The topological polar surface area (TPSA) is 86.6 Å². The molecule has 0 radical (unpaired) electrons. The Hall–Kier alpha value is -1.40. The standard InChI is InChI=1S/C12H17NO4S/c14-10(12(16)17)6-7-13-11(15)5-1-3-9-4-2-8-18-9/h2,4,8,10,14H,1,3,5-7H2,(H,13,15)(H,16,17). The molecule has 0 aromatic carbocycles. The van der Waals surface area contributed by atoms with Crippen molar-refractivity contribution in [1.82, 2.24) is 5.32 Å². The zero-order chi connectivity index (χ0) is 13.4. The summed E-state index contributed by atoms with van der Waals surface area (Å²) in [5, 5.41) is 22.0. The third-order valence-corrected chi connectivity index (χ3v) is 3.37. The Morgan fingerprint density at radius 2 is 2.22 bits per heavy atom. The van der Waals surface area contributed by atoms with Crippen LogP contribution < -0.4 is 5.32 Å². The molecule has 1 aromatic heterocycles. The molecular weight excluding hydrogens is 254 g/mol. The van der Waals surface area contributed by atoms with Gasteiger partial charge in [-0.3, -0.25) is 4.79 Å². The molecule has 18 heavy (non-hydrogen) atoms. The Kier molecular flexibility index (Phi) is 6.38. The minimum Gasteiger partial charge on any atom is -0.479 e. The molecule has 0 bridgehead atoms. The number of aliphatic carboxylic acids is 1. The molecule has 0 aliphatic heterocycles. The second-order valence-corrected chi connectivity index (χ2v) is 4.96. The van der Waals surface area contributed by atoms with Gasteiger partial charge in [0, 0.05) is 24.3 Å². The Balaban J connectivity index is 2.05. The van der Waals surface area contributed by atoms with E-state index < -0.39 is 12.1 Å². The van der Waals surface area contributed by atoms with Crippen molar-refractivity contribution in [3.8, 4) is 0 Å². The Morgan fingerprint density at radius 3 is 2.83 bits per heavy atom. The number of carbonyl (C=O) groups excluding carboxylic acids is 1. The molecular formula is C12H17NO4S. The van der Waals surface area contributed by atoms with Crippen molar-refractivity contribution in [3.63, 3.8) is 0 Å². The number of hydrogen-bond donors (Lipinski definition) is 3. The van der Waals surface area contributed by atoms with Crippen LogP contribution in [-0.4, -0.2) is 34.7 Å². The number of carboxylic acid groups (broad SMARTS) is 1. The molecule has 1 rings (SSSR count). The van der Waals surface area contributed by atoms with Crippen LogP contribution in [0.2, 0.25) is 0 Å². The summed E-state index contributed by atoms with van der Waals surface area (Å²) in [5.74, 6) is -1.37. The van der Waals surface area contributed by atoms with E-state index in [0.717, 1.165) is 12.8 Å². The van der Waals surface area contributed by atoms with Crippen molar-refractivity contribution in [2.45, 2.75) is 31.8 Å². The molecule has 5 nitrogen and oxygen atoms in total. The first kappa shape index (κ1) is 14.7. The number of aliphatic hydroxyl groups excluding tert-OH is 1. The van der Waals surface area contributed by atoms with Gasteiger partial charge >= 0.3 is 5.97 Å². The smallest absolute Gasteiger partial charge is 0.332 e.